The van der Waals surface area contributed by atoms with Crippen LogP contribution in [0.5, 0.6) is 0 Å². The zero-order valence-electron chi connectivity index (χ0n) is 16.1. The summed E-state index contributed by atoms with van der Waals surface area (Å²) in [6.07, 6.45) is 2.22. The molecule has 1 fully saturated rings. The Kier molecular flexibility index (Phi) is 5.49. The monoisotopic (exact) mass is 414 g/mol. The average molecular weight is 415 g/mol. The number of carbonyl (C=O) groups is 1. The van der Waals surface area contributed by atoms with Crippen molar-refractivity contribution in [3.63, 3.8) is 0 Å². The van der Waals surface area contributed by atoms with Crippen molar-refractivity contribution in [2.75, 3.05) is 20.2 Å². The zero-order chi connectivity index (χ0) is 20.5. The van der Waals surface area contributed by atoms with Gasteiger partial charge in [-0.3, -0.25) is 9.52 Å². The molecular weight excluding hydrogens is 391 g/mol. The van der Waals surface area contributed by atoms with Crippen LogP contribution in [0, 0.1) is 5.82 Å². The number of nitrogens with one attached hydrogen (secondary N) is 2. The van der Waals surface area contributed by atoms with E-state index in [4.69, 9.17) is 5.11 Å². The number of amides is 1. The summed E-state index contributed by atoms with van der Waals surface area (Å²) in [4.78, 5) is 13.8. The summed E-state index contributed by atoms with van der Waals surface area (Å²) in [5.74, 6) is 4.08. The molecule has 0 aliphatic heterocycles. The highest BCUT2D eigenvalue weighted by atomic mass is 32.2. The number of carbonyl (C=O) groups excluding carboxylic acids is 1. The molecule has 0 bridgehead atoms. The van der Waals surface area contributed by atoms with E-state index < -0.39 is 10.7 Å². The molecule has 0 spiro atoms. The number of aliphatic hydroxyl groups is 1. The quantitative estimate of drug-likeness (QED) is 0.520. The number of aliphatic hydroxyl groups excluding tert-OH is 1. The van der Waals surface area contributed by atoms with Crippen molar-refractivity contribution in [2.24, 2.45) is 0 Å². The summed E-state index contributed by atoms with van der Waals surface area (Å²) in [6, 6.07) is 9.93. The second-order valence-corrected chi connectivity index (χ2v) is 8.52. The molecule has 4 rings (SSSR count). The second kappa shape index (κ2) is 8.06. The Balaban J connectivity index is 1.92. The second-order valence-electron chi connectivity index (χ2n) is 7.01. The number of nitrogens with zero attached hydrogens (tertiary/aromatic N) is 2. The maximum atomic E-state index is 13.4. The Hall–Kier alpha value is -2.55. The normalized spacial score (nSPS) is 14.9. The van der Waals surface area contributed by atoms with Gasteiger partial charge >= 0.3 is 0 Å². The molecule has 1 heterocycles. The lowest BCUT2D eigenvalue weighted by Crippen LogP contribution is -2.21. The van der Waals surface area contributed by atoms with Crippen LogP contribution in [-0.2, 0) is 0 Å². The van der Waals surface area contributed by atoms with Gasteiger partial charge in [-0.1, -0.05) is 16.5 Å². The molecule has 1 aromatic heterocycles. The first-order chi connectivity index (χ1) is 14.0. The van der Waals surface area contributed by atoms with Crippen molar-refractivity contribution in [2.45, 2.75) is 23.7 Å². The Morgan fingerprint density at radius 2 is 2.07 bits per heavy atom. The number of rotatable bonds is 7. The molecular formula is C21H23FN4O2S. The third-order valence-corrected chi connectivity index (χ3v) is 6.42. The van der Waals surface area contributed by atoms with Gasteiger partial charge in [0.1, 0.15) is 11.5 Å². The third-order valence-electron chi connectivity index (χ3n) is 4.99. The Bertz CT molecular complexity index is 1090. The SMILES string of the molecule is C=S(NCCO)c1cc2nn(-c3ccc(F)cc3)c(C(=O)NC)c2cc1C1CC1. The number of hydrogen-bond donors (Lipinski definition) is 3. The van der Waals surface area contributed by atoms with Crippen LogP contribution in [0.4, 0.5) is 4.39 Å². The summed E-state index contributed by atoms with van der Waals surface area (Å²) < 4.78 is 18.2. The Morgan fingerprint density at radius 3 is 2.69 bits per heavy atom. The number of benzene rings is 2. The van der Waals surface area contributed by atoms with Crippen LogP contribution < -0.4 is 10.0 Å². The van der Waals surface area contributed by atoms with E-state index in [1.54, 1.807) is 23.9 Å². The van der Waals surface area contributed by atoms with Crippen molar-refractivity contribution in [1.82, 2.24) is 19.8 Å². The van der Waals surface area contributed by atoms with Gasteiger partial charge in [-0.2, -0.15) is 5.10 Å². The van der Waals surface area contributed by atoms with Gasteiger partial charge in [0, 0.05) is 23.9 Å². The molecule has 0 saturated heterocycles. The molecule has 8 heteroatoms. The highest BCUT2D eigenvalue weighted by Crippen LogP contribution is 2.46. The van der Waals surface area contributed by atoms with Crippen LogP contribution in [0.15, 0.2) is 41.3 Å². The van der Waals surface area contributed by atoms with Crippen LogP contribution in [0.2, 0.25) is 0 Å². The molecule has 2 aromatic carbocycles. The van der Waals surface area contributed by atoms with Gasteiger partial charge in [0.25, 0.3) is 5.91 Å². The molecule has 29 heavy (non-hydrogen) atoms. The predicted octanol–water partition coefficient (Wildman–Crippen LogP) is 2.96. The largest absolute Gasteiger partial charge is 0.395 e. The number of halogens is 1. The summed E-state index contributed by atoms with van der Waals surface area (Å²) in [5.41, 5.74) is 2.89. The summed E-state index contributed by atoms with van der Waals surface area (Å²) in [6.45, 7) is 0.502. The van der Waals surface area contributed by atoms with E-state index in [1.807, 2.05) is 12.1 Å². The van der Waals surface area contributed by atoms with Crippen LogP contribution in [0.25, 0.3) is 16.6 Å². The number of aromatic nitrogens is 2. The van der Waals surface area contributed by atoms with Crippen LogP contribution in [-0.4, -0.2) is 46.9 Å². The lowest BCUT2D eigenvalue weighted by atomic mass is 10.1. The van der Waals surface area contributed by atoms with Gasteiger partial charge in [-0.05, 0) is 60.7 Å². The molecule has 1 aliphatic carbocycles. The first-order valence-electron chi connectivity index (χ1n) is 9.46. The van der Waals surface area contributed by atoms with Gasteiger partial charge in [-0.25, -0.2) is 9.07 Å². The molecule has 0 radical (unpaired) electrons. The summed E-state index contributed by atoms with van der Waals surface area (Å²) in [7, 11) is 1.08. The van der Waals surface area contributed by atoms with Crippen molar-refractivity contribution in [1.29, 1.82) is 0 Å². The zero-order valence-corrected chi connectivity index (χ0v) is 16.9. The minimum Gasteiger partial charge on any atom is -0.395 e. The molecule has 1 unspecified atom stereocenters. The topological polar surface area (TPSA) is 79.2 Å². The molecule has 6 nitrogen and oxygen atoms in total. The smallest absolute Gasteiger partial charge is 0.270 e. The molecule has 152 valence electrons. The number of fused-ring (bicyclic) bond motifs is 1. The fraction of sp³-hybridized carbons (Fsp3) is 0.286. The first-order valence-corrected chi connectivity index (χ1v) is 10.9. The average Bonchev–Trinajstić information content (AvgIpc) is 3.51. The maximum absolute atomic E-state index is 13.4. The van der Waals surface area contributed by atoms with Crippen molar-refractivity contribution in [3.8, 4) is 5.69 Å². The third kappa shape index (κ3) is 3.83. The van der Waals surface area contributed by atoms with Gasteiger partial charge in [-0.15, -0.1) is 0 Å². The molecule has 1 amide bonds. The minimum atomic E-state index is -0.498. The molecule has 3 aromatic rings. The maximum Gasteiger partial charge on any atom is 0.270 e. The highest BCUT2D eigenvalue weighted by Gasteiger charge is 2.29. The van der Waals surface area contributed by atoms with E-state index in [0.29, 0.717) is 29.4 Å². The van der Waals surface area contributed by atoms with Crippen molar-refractivity contribution in [3.05, 3.63) is 53.5 Å². The lowest BCUT2D eigenvalue weighted by molar-refractivity contribution is 0.0957. The van der Waals surface area contributed by atoms with E-state index in [0.717, 1.165) is 23.1 Å². The number of hydrogen-bond acceptors (Lipinski definition) is 4. The highest BCUT2D eigenvalue weighted by molar-refractivity contribution is 8.12. The first kappa shape index (κ1) is 19.8. The van der Waals surface area contributed by atoms with E-state index in [9.17, 15) is 9.18 Å². The minimum absolute atomic E-state index is 0.0417. The van der Waals surface area contributed by atoms with Gasteiger partial charge in [0.2, 0.25) is 0 Å². The lowest BCUT2D eigenvalue weighted by Gasteiger charge is -2.14. The predicted molar refractivity (Wildman–Crippen MR) is 114 cm³/mol. The van der Waals surface area contributed by atoms with Gasteiger partial charge in [0.05, 0.1) is 17.8 Å². The van der Waals surface area contributed by atoms with Crippen molar-refractivity contribution < 1.29 is 14.3 Å². The summed E-state index contributed by atoms with van der Waals surface area (Å²) >= 11 is 0. The van der Waals surface area contributed by atoms with E-state index in [-0.39, 0.29) is 18.3 Å². The fourth-order valence-electron chi connectivity index (χ4n) is 3.41. The van der Waals surface area contributed by atoms with Crippen molar-refractivity contribution >= 4 is 33.4 Å². The van der Waals surface area contributed by atoms with Crippen LogP contribution in [0.1, 0.15) is 34.8 Å². The molecule has 1 aliphatic rings. The van der Waals surface area contributed by atoms with E-state index in [1.165, 1.54) is 17.7 Å². The Morgan fingerprint density at radius 1 is 1.34 bits per heavy atom. The molecule has 3 N–H and O–H groups in total. The molecule has 1 atom stereocenters. The molecule has 1 saturated carbocycles. The van der Waals surface area contributed by atoms with Crippen LogP contribution >= 0.6 is 10.7 Å². The van der Waals surface area contributed by atoms with Gasteiger partial charge < -0.3 is 10.4 Å². The standard InChI is InChI=1S/C21H23FN4O2S/c1-23-21(28)20-17-11-16(13-3-4-13)19(29(2)24-9-10-27)12-18(17)25-26(20)15-7-5-14(22)6-8-15/h5-8,11-13,24,27H,2-4,9-10H2,1H3,(H,23,28). The van der Waals surface area contributed by atoms with Gasteiger partial charge in [0.15, 0.2) is 0 Å². The Labute approximate surface area is 170 Å². The van der Waals surface area contributed by atoms with Crippen LogP contribution in [0.3, 0.4) is 0 Å². The fourth-order valence-corrected chi connectivity index (χ4v) is 4.67. The summed E-state index contributed by atoms with van der Waals surface area (Å²) in [5, 5.41) is 17.2. The van der Waals surface area contributed by atoms with E-state index >= 15 is 0 Å². The van der Waals surface area contributed by atoms with E-state index in [2.05, 4.69) is 21.0 Å².